The third kappa shape index (κ3) is 3.03. The summed E-state index contributed by atoms with van der Waals surface area (Å²) in [6, 6.07) is 0. The number of morpholine rings is 1. The molecule has 1 N–H and O–H groups in total. The first-order valence-electron chi connectivity index (χ1n) is 8.20. The van der Waals surface area contributed by atoms with Crippen molar-refractivity contribution in [2.24, 2.45) is 0 Å². The van der Waals surface area contributed by atoms with Crippen molar-refractivity contribution in [2.45, 2.75) is 38.1 Å². The Hall–Kier alpha value is -1.40. The van der Waals surface area contributed by atoms with Gasteiger partial charge in [-0.2, -0.15) is 0 Å². The van der Waals surface area contributed by atoms with Gasteiger partial charge in [-0.3, -0.25) is 9.69 Å². The molecule has 1 aromatic heterocycles. The van der Waals surface area contributed by atoms with Crippen molar-refractivity contribution in [2.75, 3.05) is 39.4 Å². The summed E-state index contributed by atoms with van der Waals surface area (Å²) in [4.78, 5) is 24.9. The molecule has 1 aromatic rings. The van der Waals surface area contributed by atoms with E-state index in [9.17, 15) is 4.79 Å². The molecule has 2 saturated heterocycles. The Balaban J connectivity index is 1.68. The summed E-state index contributed by atoms with van der Waals surface area (Å²) in [5, 5.41) is 0. The molecule has 3 heterocycles. The number of carbonyl (C=O) groups excluding carboxylic acids is 1. The van der Waals surface area contributed by atoms with Gasteiger partial charge in [0.25, 0.3) is 0 Å². The van der Waals surface area contributed by atoms with Crippen molar-refractivity contribution in [1.82, 2.24) is 19.8 Å². The van der Waals surface area contributed by atoms with E-state index in [2.05, 4.69) is 14.9 Å². The number of rotatable bonds is 3. The summed E-state index contributed by atoms with van der Waals surface area (Å²) in [5.74, 6) is 1.56. The Labute approximate surface area is 131 Å². The second-order valence-electron chi connectivity index (χ2n) is 6.72. The van der Waals surface area contributed by atoms with Gasteiger partial charge in [0.05, 0.1) is 18.8 Å². The number of piperidine rings is 1. The predicted molar refractivity (Wildman–Crippen MR) is 83.6 cm³/mol. The first kappa shape index (κ1) is 15.5. The van der Waals surface area contributed by atoms with Crippen LogP contribution in [0.5, 0.6) is 0 Å². The Morgan fingerprint density at radius 1 is 1.36 bits per heavy atom. The molecule has 6 nitrogen and oxygen atoms in total. The predicted octanol–water partition coefficient (Wildman–Crippen LogP) is 1.23. The van der Waals surface area contributed by atoms with Crippen LogP contribution >= 0.6 is 0 Å². The molecule has 0 unspecified atom stereocenters. The van der Waals surface area contributed by atoms with Gasteiger partial charge < -0.3 is 14.6 Å². The number of likely N-dealkylation sites (tertiary alicyclic amines) is 1. The third-order valence-corrected chi connectivity index (χ3v) is 4.94. The van der Waals surface area contributed by atoms with E-state index in [-0.39, 0.29) is 5.91 Å². The number of H-pyrrole nitrogens is 1. The highest BCUT2D eigenvalue weighted by molar-refractivity contribution is 5.85. The minimum Gasteiger partial charge on any atom is -0.379 e. The highest BCUT2D eigenvalue weighted by Gasteiger charge is 2.40. The van der Waals surface area contributed by atoms with Crippen LogP contribution in [0.25, 0.3) is 0 Å². The largest absolute Gasteiger partial charge is 0.379 e. The summed E-state index contributed by atoms with van der Waals surface area (Å²) in [5.41, 5.74) is -0.463. The van der Waals surface area contributed by atoms with E-state index in [1.807, 2.05) is 24.9 Å². The maximum atomic E-state index is 13.0. The molecule has 2 fully saturated rings. The molecule has 1 atom stereocenters. The number of ether oxygens (including phenoxy) is 1. The highest BCUT2D eigenvalue weighted by atomic mass is 16.5. The van der Waals surface area contributed by atoms with Gasteiger partial charge in [-0.25, -0.2) is 4.98 Å². The average Bonchev–Trinajstić information content (AvgIpc) is 3.09. The van der Waals surface area contributed by atoms with E-state index in [1.165, 1.54) is 0 Å². The maximum absolute atomic E-state index is 13.0. The van der Waals surface area contributed by atoms with E-state index in [1.54, 1.807) is 6.20 Å². The lowest BCUT2D eigenvalue weighted by molar-refractivity contribution is -0.146. The molecule has 0 aromatic carbocycles. The Bertz CT molecular complexity index is 494. The number of hydrogen-bond acceptors (Lipinski definition) is 4. The lowest BCUT2D eigenvalue weighted by atomic mass is 9.93. The monoisotopic (exact) mass is 306 g/mol. The number of carbonyl (C=O) groups is 1. The van der Waals surface area contributed by atoms with Crippen molar-refractivity contribution in [3.05, 3.63) is 18.2 Å². The Morgan fingerprint density at radius 2 is 2.14 bits per heavy atom. The number of nitrogens with one attached hydrogen (secondary N) is 1. The lowest BCUT2D eigenvalue weighted by Crippen LogP contribution is -2.60. The summed E-state index contributed by atoms with van der Waals surface area (Å²) in [6.07, 6.45) is 5.77. The van der Waals surface area contributed by atoms with Crippen LogP contribution in [0.4, 0.5) is 0 Å². The SMILES string of the molecule is CC(C)(C(=O)N1CCC[C@@H](c2ncc[nH]2)C1)N1CCOCC1. The van der Waals surface area contributed by atoms with E-state index in [0.29, 0.717) is 19.1 Å². The van der Waals surface area contributed by atoms with Gasteiger partial charge in [-0.15, -0.1) is 0 Å². The molecular formula is C16H26N4O2. The standard InChI is InChI=1S/C16H26N4O2/c1-16(2,20-8-10-22-11-9-20)15(21)19-7-3-4-13(12-19)14-17-5-6-18-14/h5-6,13H,3-4,7-12H2,1-2H3,(H,17,18)/t13-/m1/s1. The quantitative estimate of drug-likeness (QED) is 0.912. The lowest BCUT2D eigenvalue weighted by Gasteiger charge is -2.44. The fourth-order valence-electron chi connectivity index (χ4n) is 3.53. The van der Waals surface area contributed by atoms with Crippen LogP contribution in [0, 0.1) is 0 Å². The van der Waals surface area contributed by atoms with Gasteiger partial charge in [0.15, 0.2) is 0 Å². The van der Waals surface area contributed by atoms with E-state index in [0.717, 1.165) is 44.8 Å². The van der Waals surface area contributed by atoms with Crippen molar-refractivity contribution < 1.29 is 9.53 Å². The fraction of sp³-hybridized carbons (Fsp3) is 0.750. The molecule has 3 rings (SSSR count). The smallest absolute Gasteiger partial charge is 0.242 e. The summed E-state index contributed by atoms with van der Waals surface area (Å²) in [7, 11) is 0. The van der Waals surface area contributed by atoms with Crippen molar-refractivity contribution in [3.63, 3.8) is 0 Å². The second-order valence-corrected chi connectivity index (χ2v) is 6.72. The highest BCUT2D eigenvalue weighted by Crippen LogP contribution is 2.27. The first-order chi connectivity index (χ1) is 10.6. The molecule has 1 amide bonds. The normalized spacial score (nSPS) is 24.5. The molecule has 0 radical (unpaired) electrons. The molecule has 122 valence electrons. The van der Waals surface area contributed by atoms with Crippen LogP contribution in [-0.4, -0.2) is 70.6 Å². The molecular weight excluding hydrogens is 280 g/mol. The molecule has 0 saturated carbocycles. The molecule has 6 heteroatoms. The van der Waals surface area contributed by atoms with E-state index < -0.39 is 5.54 Å². The summed E-state index contributed by atoms with van der Waals surface area (Å²) < 4.78 is 5.41. The minimum atomic E-state index is -0.463. The molecule has 0 spiro atoms. The number of amides is 1. The van der Waals surface area contributed by atoms with Crippen LogP contribution < -0.4 is 0 Å². The maximum Gasteiger partial charge on any atom is 0.242 e. The van der Waals surface area contributed by atoms with Gasteiger partial charge in [0.1, 0.15) is 5.82 Å². The zero-order valence-electron chi connectivity index (χ0n) is 13.5. The third-order valence-electron chi connectivity index (χ3n) is 4.94. The molecule has 2 aliphatic heterocycles. The fourth-order valence-corrected chi connectivity index (χ4v) is 3.53. The molecule has 0 bridgehead atoms. The molecule has 22 heavy (non-hydrogen) atoms. The van der Waals surface area contributed by atoms with Crippen LogP contribution in [0.2, 0.25) is 0 Å². The van der Waals surface area contributed by atoms with Gasteiger partial charge in [0, 0.05) is 44.5 Å². The number of aromatic nitrogens is 2. The first-order valence-corrected chi connectivity index (χ1v) is 8.20. The number of hydrogen-bond donors (Lipinski definition) is 1. The zero-order chi connectivity index (χ0) is 15.6. The second kappa shape index (κ2) is 6.38. The van der Waals surface area contributed by atoms with Crippen LogP contribution in [0.1, 0.15) is 38.4 Å². The average molecular weight is 306 g/mol. The van der Waals surface area contributed by atoms with Crippen molar-refractivity contribution in [1.29, 1.82) is 0 Å². The Morgan fingerprint density at radius 3 is 2.82 bits per heavy atom. The van der Waals surface area contributed by atoms with Crippen LogP contribution in [-0.2, 0) is 9.53 Å². The zero-order valence-corrected chi connectivity index (χ0v) is 13.5. The Kier molecular flexibility index (Phi) is 4.49. The number of nitrogens with zero attached hydrogens (tertiary/aromatic N) is 3. The van der Waals surface area contributed by atoms with Gasteiger partial charge in [-0.1, -0.05) is 0 Å². The summed E-state index contributed by atoms with van der Waals surface area (Å²) in [6.45, 7) is 8.78. The molecule has 2 aliphatic rings. The topological polar surface area (TPSA) is 61.5 Å². The van der Waals surface area contributed by atoms with E-state index in [4.69, 9.17) is 4.74 Å². The van der Waals surface area contributed by atoms with E-state index >= 15 is 0 Å². The van der Waals surface area contributed by atoms with Crippen LogP contribution in [0.3, 0.4) is 0 Å². The molecule has 0 aliphatic carbocycles. The minimum absolute atomic E-state index is 0.227. The van der Waals surface area contributed by atoms with Crippen molar-refractivity contribution in [3.8, 4) is 0 Å². The van der Waals surface area contributed by atoms with Crippen molar-refractivity contribution >= 4 is 5.91 Å². The number of imidazole rings is 1. The summed E-state index contributed by atoms with van der Waals surface area (Å²) >= 11 is 0. The van der Waals surface area contributed by atoms with Gasteiger partial charge >= 0.3 is 0 Å². The van der Waals surface area contributed by atoms with Crippen LogP contribution in [0.15, 0.2) is 12.4 Å². The number of aromatic amines is 1. The van der Waals surface area contributed by atoms with Gasteiger partial charge in [-0.05, 0) is 26.7 Å². The van der Waals surface area contributed by atoms with Gasteiger partial charge in [0.2, 0.25) is 5.91 Å².